The average molecular weight is 392 g/mol. The SMILES string of the molecule is Cc1ccc(Nc2cc(C)nc(N3CCN(C(=O)Cn4cncn4)CC3)n2)cc1. The summed E-state index contributed by atoms with van der Waals surface area (Å²) in [5, 5.41) is 7.34. The fraction of sp³-hybridized carbons (Fsp3) is 0.350. The van der Waals surface area contributed by atoms with E-state index in [9.17, 15) is 4.79 Å². The Hall–Kier alpha value is -3.49. The van der Waals surface area contributed by atoms with Gasteiger partial charge in [-0.3, -0.25) is 4.79 Å². The van der Waals surface area contributed by atoms with Gasteiger partial charge < -0.3 is 15.1 Å². The number of nitrogens with one attached hydrogen (secondary N) is 1. The van der Waals surface area contributed by atoms with Gasteiger partial charge in [0.05, 0.1) is 0 Å². The zero-order valence-corrected chi connectivity index (χ0v) is 16.6. The normalized spacial score (nSPS) is 14.1. The minimum atomic E-state index is 0.0436. The second-order valence-corrected chi connectivity index (χ2v) is 7.15. The third-order valence-electron chi connectivity index (χ3n) is 4.85. The summed E-state index contributed by atoms with van der Waals surface area (Å²) in [7, 11) is 0. The first-order valence-electron chi connectivity index (χ1n) is 9.61. The van der Waals surface area contributed by atoms with E-state index in [0.29, 0.717) is 32.1 Å². The van der Waals surface area contributed by atoms with Crippen LogP contribution in [0.25, 0.3) is 0 Å². The number of piperazine rings is 1. The van der Waals surface area contributed by atoms with E-state index in [1.54, 1.807) is 11.0 Å². The van der Waals surface area contributed by atoms with Crippen molar-refractivity contribution < 1.29 is 4.79 Å². The monoisotopic (exact) mass is 392 g/mol. The van der Waals surface area contributed by atoms with Crippen molar-refractivity contribution >= 4 is 23.4 Å². The highest BCUT2D eigenvalue weighted by Gasteiger charge is 2.23. The van der Waals surface area contributed by atoms with Gasteiger partial charge in [-0.1, -0.05) is 17.7 Å². The second kappa shape index (κ2) is 8.26. The topological polar surface area (TPSA) is 92.1 Å². The molecule has 0 saturated carbocycles. The zero-order valence-electron chi connectivity index (χ0n) is 16.6. The summed E-state index contributed by atoms with van der Waals surface area (Å²) in [6.07, 6.45) is 2.99. The lowest BCUT2D eigenvalue weighted by Crippen LogP contribution is -2.50. The maximum atomic E-state index is 12.4. The molecule has 4 rings (SSSR count). The number of carbonyl (C=O) groups excluding carboxylic acids is 1. The maximum Gasteiger partial charge on any atom is 0.244 e. The van der Waals surface area contributed by atoms with Gasteiger partial charge in [0.1, 0.15) is 25.0 Å². The van der Waals surface area contributed by atoms with Crippen molar-refractivity contribution in [1.29, 1.82) is 0 Å². The summed E-state index contributed by atoms with van der Waals surface area (Å²) in [6.45, 7) is 6.88. The molecule has 1 N–H and O–H groups in total. The van der Waals surface area contributed by atoms with Gasteiger partial charge in [-0.15, -0.1) is 0 Å². The van der Waals surface area contributed by atoms with Crippen molar-refractivity contribution in [1.82, 2.24) is 29.6 Å². The maximum absolute atomic E-state index is 12.4. The highest BCUT2D eigenvalue weighted by atomic mass is 16.2. The van der Waals surface area contributed by atoms with Crippen molar-refractivity contribution in [2.75, 3.05) is 36.4 Å². The zero-order chi connectivity index (χ0) is 20.2. The third kappa shape index (κ3) is 4.68. The molecule has 0 aliphatic carbocycles. The smallest absolute Gasteiger partial charge is 0.244 e. The quantitative estimate of drug-likeness (QED) is 0.707. The van der Waals surface area contributed by atoms with E-state index in [0.717, 1.165) is 17.2 Å². The molecule has 9 heteroatoms. The molecule has 3 heterocycles. The van der Waals surface area contributed by atoms with Crippen LogP contribution in [-0.2, 0) is 11.3 Å². The molecule has 0 atom stereocenters. The standard InChI is InChI=1S/C20H24N8O/c1-15-3-5-17(6-4-15)24-18-11-16(2)23-20(25-18)27-9-7-26(8-10-27)19(29)12-28-14-21-13-22-28/h3-6,11,13-14H,7-10,12H2,1-2H3,(H,23,24,25). The third-order valence-corrected chi connectivity index (χ3v) is 4.85. The minimum absolute atomic E-state index is 0.0436. The molecule has 0 bridgehead atoms. The predicted molar refractivity (Wildman–Crippen MR) is 110 cm³/mol. The van der Waals surface area contributed by atoms with Crippen molar-refractivity contribution in [2.24, 2.45) is 0 Å². The Labute approximate surface area is 169 Å². The summed E-state index contributed by atoms with van der Waals surface area (Å²) in [5.41, 5.74) is 3.10. The van der Waals surface area contributed by atoms with Crippen LogP contribution < -0.4 is 10.2 Å². The molecule has 0 unspecified atom stereocenters. The number of hydrogen-bond acceptors (Lipinski definition) is 7. The number of aromatic nitrogens is 5. The molecule has 1 aliphatic rings. The summed E-state index contributed by atoms with van der Waals surface area (Å²) in [6, 6.07) is 10.1. The number of nitrogens with zero attached hydrogens (tertiary/aromatic N) is 7. The molecule has 2 aromatic heterocycles. The first kappa shape index (κ1) is 18.9. The molecule has 1 aliphatic heterocycles. The number of aryl methyl sites for hydroxylation is 2. The number of anilines is 3. The van der Waals surface area contributed by atoms with Crippen LogP contribution in [0.5, 0.6) is 0 Å². The minimum Gasteiger partial charge on any atom is -0.340 e. The van der Waals surface area contributed by atoms with E-state index >= 15 is 0 Å². The lowest BCUT2D eigenvalue weighted by molar-refractivity contribution is -0.132. The largest absolute Gasteiger partial charge is 0.340 e. The van der Waals surface area contributed by atoms with Gasteiger partial charge in [-0.25, -0.2) is 14.6 Å². The van der Waals surface area contributed by atoms with E-state index in [-0.39, 0.29) is 12.5 Å². The van der Waals surface area contributed by atoms with Crippen molar-refractivity contribution in [3.8, 4) is 0 Å². The molecule has 0 spiro atoms. The van der Waals surface area contributed by atoms with E-state index in [1.165, 1.54) is 11.9 Å². The fourth-order valence-electron chi connectivity index (χ4n) is 3.25. The first-order valence-corrected chi connectivity index (χ1v) is 9.61. The van der Waals surface area contributed by atoms with Crippen molar-refractivity contribution in [2.45, 2.75) is 20.4 Å². The predicted octanol–water partition coefficient (Wildman–Crippen LogP) is 1.78. The van der Waals surface area contributed by atoms with Gasteiger partial charge in [0.25, 0.3) is 0 Å². The Kier molecular flexibility index (Phi) is 5.37. The van der Waals surface area contributed by atoms with Gasteiger partial charge in [0.2, 0.25) is 11.9 Å². The van der Waals surface area contributed by atoms with Gasteiger partial charge in [-0.2, -0.15) is 10.1 Å². The number of amides is 1. The molecule has 1 saturated heterocycles. The van der Waals surface area contributed by atoms with Crippen LogP contribution in [0.15, 0.2) is 43.0 Å². The summed E-state index contributed by atoms with van der Waals surface area (Å²) >= 11 is 0. The van der Waals surface area contributed by atoms with Gasteiger partial charge in [0.15, 0.2) is 0 Å². The van der Waals surface area contributed by atoms with E-state index in [4.69, 9.17) is 0 Å². The van der Waals surface area contributed by atoms with Crippen LogP contribution in [0, 0.1) is 13.8 Å². The Morgan fingerprint density at radius 2 is 1.83 bits per heavy atom. The van der Waals surface area contributed by atoms with Gasteiger partial charge in [-0.05, 0) is 26.0 Å². The van der Waals surface area contributed by atoms with Crippen LogP contribution in [-0.4, -0.2) is 61.7 Å². The molecule has 3 aromatic rings. The summed E-state index contributed by atoms with van der Waals surface area (Å²) < 4.78 is 1.54. The van der Waals surface area contributed by atoms with E-state index < -0.39 is 0 Å². The Morgan fingerprint density at radius 1 is 1.07 bits per heavy atom. The van der Waals surface area contributed by atoms with Crippen LogP contribution >= 0.6 is 0 Å². The Bertz CT molecular complexity index is 963. The molecular formula is C20H24N8O. The number of rotatable bonds is 5. The van der Waals surface area contributed by atoms with Crippen LogP contribution in [0.4, 0.5) is 17.5 Å². The second-order valence-electron chi connectivity index (χ2n) is 7.15. The van der Waals surface area contributed by atoms with E-state index in [1.807, 2.05) is 30.0 Å². The number of carbonyl (C=O) groups is 1. The van der Waals surface area contributed by atoms with Gasteiger partial charge >= 0.3 is 0 Å². The Balaban J connectivity index is 1.39. The molecular weight excluding hydrogens is 368 g/mol. The highest BCUT2D eigenvalue weighted by molar-refractivity contribution is 5.76. The lowest BCUT2D eigenvalue weighted by Gasteiger charge is -2.35. The first-order chi connectivity index (χ1) is 14.1. The number of benzene rings is 1. The molecule has 29 heavy (non-hydrogen) atoms. The van der Waals surface area contributed by atoms with Crippen LogP contribution in [0.2, 0.25) is 0 Å². The summed E-state index contributed by atoms with van der Waals surface area (Å²) in [4.78, 5) is 29.5. The lowest BCUT2D eigenvalue weighted by atomic mass is 10.2. The highest BCUT2D eigenvalue weighted by Crippen LogP contribution is 2.20. The van der Waals surface area contributed by atoms with E-state index in [2.05, 4.69) is 49.3 Å². The van der Waals surface area contributed by atoms with Crippen LogP contribution in [0.1, 0.15) is 11.3 Å². The molecule has 1 fully saturated rings. The summed E-state index contributed by atoms with van der Waals surface area (Å²) in [5.74, 6) is 1.49. The molecule has 150 valence electrons. The molecule has 9 nitrogen and oxygen atoms in total. The van der Waals surface area contributed by atoms with Crippen molar-refractivity contribution in [3.05, 3.63) is 54.2 Å². The van der Waals surface area contributed by atoms with Gasteiger partial charge in [0, 0.05) is 43.6 Å². The van der Waals surface area contributed by atoms with Crippen molar-refractivity contribution in [3.63, 3.8) is 0 Å². The molecule has 1 amide bonds. The Morgan fingerprint density at radius 3 is 2.52 bits per heavy atom. The van der Waals surface area contributed by atoms with Crippen LogP contribution in [0.3, 0.4) is 0 Å². The fourth-order valence-corrected chi connectivity index (χ4v) is 3.25. The number of hydrogen-bond donors (Lipinski definition) is 1. The molecule has 1 aromatic carbocycles. The molecule has 0 radical (unpaired) electrons. The average Bonchev–Trinajstić information content (AvgIpc) is 3.22.